The molecule has 2 aromatic heterocycles. The van der Waals surface area contributed by atoms with Crippen molar-refractivity contribution in [1.82, 2.24) is 15.0 Å². The predicted molar refractivity (Wildman–Crippen MR) is 174 cm³/mol. The predicted octanol–water partition coefficient (Wildman–Crippen LogP) is 7.68. The summed E-state index contributed by atoms with van der Waals surface area (Å²) in [5.41, 5.74) is 7.68. The van der Waals surface area contributed by atoms with Crippen LogP contribution in [0.1, 0.15) is 39.7 Å². The van der Waals surface area contributed by atoms with E-state index in [9.17, 15) is 0 Å². The highest BCUT2D eigenvalue weighted by Gasteiger charge is 2.34. The van der Waals surface area contributed by atoms with E-state index in [1.54, 1.807) is 14.2 Å². The van der Waals surface area contributed by atoms with E-state index in [0.29, 0.717) is 29.8 Å². The lowest BCUT2D eigenvalue weighted by Gasteiger charge is -2.24. The average molecular weight is 598 g/mol. The van der Waals surface area contributed by atoms with E-state index in [4.69, 9.17) is 28.9 Å². The van der Waals surface area contributed by atoms with E-state index in [0.717, 1.165) is 52.2 Å². The molecule has 0 radical (unpaired) electrons. The van der Waals surface area contributed by atoms with Crippen molar-refractivity contribution in [2.45, 2.75) is 32.0 Å². The van der Waals surface area contributed by atoms with Crippen LogP contribution in [0.4, 0.5) is 0 Å². The first-order valence-corrected chi connectivity index (χ1v) is 15.2. The van der Waals surface area contributed by atoms with Crippen molar-refractivity contribution in [3.8, 4) is 23.0 Å². The van der Waals surface area contributed by atoms with Gasteiger partial charge in [0.15, 0.2) is 11.5 Å². The first-order valence-electron chi connectivity index (χ1n) is 15.2. The van der Waals surface area contributed by atoms with Gasteiger partial charge in [0.05, 0.1) is 19.7 Å². The zero-order valence-electron chi connectivity index (χ0n) is 25.4. The van der Waals surface area contributed by atoms with Crippen LogP contribution in [0.15, 0.2) is 109 Å². The number of aromatic amines is 1. The van der Waals surface area contributed by atoms with E-state index < -0.39 is 0 Å². The smallest absolute Gasteiger partial charge is 0.161 e. The molecule has 2 atom stereocenters. The topological polar surface area (TPSA) is 78.5 Å². The number of aromatic nitrogens is 3. The zero-order chi connectivity index (χ0) is 30.6. The first-order chi connectivity index (χ1) is 22.2. The number of methoxy groups -OCH3 is 2. The van der Waals surface area contributed by atoms with Gasteiger partial charge in [0.2, 0.25) is 0 Å². The van der Waals surface area contributed by atoms with Crippen LogP contribution >= 0.6 is 0 Å². The number of hydrogen-bond donors (Lipinski definition) is 1. The molecular weight excluding hydrogens is 562 g/mol. The minimum atomic E-state index is 0.0204. The summed E-state index contributed by atoms with van der Waals surface area (Å²) in [5.74, 6) is 3.99. The van der Waals surface area contributed by atoms with Gasteiger partial charge in [0.25, 0.3) is 0 Å². The first kappa shape index (κ1) is 28.5. The molecular formula is C38H35N3O4. The Morgan fingerprint density at radius 3 is 2.31 bits per heavy atom. The van der Waals surface area contributed by atoms with Gasteiger partial charge in [-0.25, -0.2) is 4.98 Å². The van der Waals surface area contributed by atoms with Crippen LogP contribution in [0.3, 0.4) is 0 Å². The fourth-order valence-electron chi connectivity index (χ4n) is 6.42. The summed E-state index contributed by atoms with van der Waals surface area (Å²) in [6, 6.07) is 34.7. The van der Waals surface area contributed by atoms with Gasteiger partial charge >= 0.3 is 0 Å². The summed E-state index contributed by atoms with van der Waals surface area (Å²) in [5, 5.41) is 0. The number of pyridine rings is 1. The van der Waals surface area contributed by atoms with Crippen molar-refractivity contribution < 1.29 is 18.9 Å². The Kier molecular flexibility index (Phi) is 8.06. The van der Waals surface area contributed by atoms with Crippen molar-refractivity contribution in [2.24, 2.45) is 5.92 Å². The van der Waals surface area contributed by atoms with Crippen molar-refractivity contribution in [1.29, 1.82) is 0 Å². The molecule has 1 aliphatic rings. The summed E-state index contributed by atoms with van der Waals surface area (Å²) >= 11 is 0. The lowest BCUT2D eigenvalue weighted by atomic mass is 9.81. The molecule has 1 N–H and O–H groups in total. The number of imidazole rings is 1. The van der Waals surface area contributed by atoms with Crippen molar-refractivity contribution >= 4 is 11.0 Å². The Balaban J connectivity index is 1.20. The molecule has 1 aliphatic carbocycles. The van der Waals surface area contributed by atoms with Crippen LogP contribution in [-0.4, -0.2) is 29.2 Å². The van der Waals surface area contributed by atoms with Crippen molar-refractivity contribution in [3.05, 3.63) is 143 Å². The Morgan fingerprint density at radius 1 is 0.733 bits per heavy atom. The number of nitrogens with one attached hydrogen (secondary N) is 1. The van der Waals surface area contributed by atoms with Gasteiger partial charge in [0, 0.05) is 17.8 Å². The molecule has 0 amide bonds. The molecule has 0 bridgehead atoms. The van der Waals surface area contributed by atoms with Gasteiger partial charge in [-0.2, -0.15) is 0 Å². The van der Waals surface area contributed by atoms with E-state index in [1.807, 2.05) is 60.8 Å². The third-order valence-corrected chi connectivity index (χ3v) is 8.54. The van der Waals surface area contributed by atoms with E-state index in [1.165, 1.54) is 11.1 Å². The second-order valence-electron chi connectivity index (χ2n) is 11.3. The Bertz CT molecular complexity index is 1910. The standard InChI is InChI=1S/C38H35N3O4/c1-42-32-13-6-7-14-33(32)45-24-35-40-37-30(17-18-34(43-2)38(37)41-35)36(31-12-8-9-19-39-31)28-20-26-15-16-29(22-27(26)21-28)44-23-25-10-4-3-5-11-25/h3-19,22,28,36H,20-21,23-24H2,1-2H3,(H,40,41). The second kappa shape index (κ2) is 12.7. The lowest BCUT2D eigenvalue weighted by molar-refractivity contribution is 0.277. The minimum Gasteiger partial charge on any atom is -0.494 e. The Morgan fingerprint density at radius 2 is 1.51 bits per heavy atom. The molecule has 226 valence electrons. The summed E-state index contributed by atoms with van der Waals surface area (Å²) in [6.45, 7) is 0.804. The summed E-state index contributed by atoms with van der Waals surface area (Å²) in [6.07, 6.45) is 3.73. The minimum absolute atomic E-state index is 0.0204. The number of para-hydroxylation sites is 2. The van der Waals surface area contributed by atoms with Crippen LogP contribution in [-0.2, 0) is 26.1 Å². The highest BCUT2D eigenvalue weighted by molar-refractivity contribution is 5.86. The largest absolute Gasteiger partial charge is 0.494 e. The fourth-order valence-corrected chi connectivity index (χ4v) is 6.42. The van der Waals surface area contributed by atoms with E-state index in [2.05, 4.69) is 53.5 Å². The Hall–Kier alpha value is -5.30. The molecule has 6 aromatic rings. The maximum Gasteiger partial charge on any atom is 0.161 e. The fraction of sp³-hybridized carbons (Fsp3) is 0.211. The van der Waals surface area contributed by atoms with E-state index >= 15 is 0 Å². The van der Waals surface area contributed by atoms with Gasteiger partial charge in [-0.15, -0.1) is 0 Å². The summed E-state index contributed by atoms with van der Waals surface area (Å²) in [4.78, 5) is 13.4. The summed E-state index contributed by atoms with van der Waals surface area (Å²) < 4.78 is 23.5. The molecule has 0 saturated carbocycles. The van der Waals surface area contributed by atoms with Gasteiger partial charge in [-0.3, -0.25) is 4.98 Å². The molecule has 45 heavy (non-hydrogen) atoms. The lowest BCUT2D eigenvalue weighted by Crippen LogP contribution is -2.17. The highest BCUT2D eigenvalue weighted by Crippen LogP contribution is 2.44. The number of nitrogens with zero attached hydrogens (tertiary/aromatic N) is 2. The zero-order valence-corrected chi connectivity index (χ0v) is 25.4. The van der Waals surface area contributed by atoms with Crippen LogP contribution in [0.2, 0.25) is 0 Å². The van der Waals surface area contributed by atoms with Gasteiger partial charge in [-0.05, 0) is 83.5 Å². The van der Waals surface area contributed by atoms with Crippen molar-refractivity contribution in [3.63, 3.8) is 0 Å². The number of ether oxygens (including phenoxy) is 4. The third-order valence-electron chi connectivity index (χ3n) is 8.54. The molecule has 2 heterocycles. The van der Waals surface area contributed by atoms with E-state index in [-0.39, 0.29) is 12.5 Å². The molecule has 4 aromatic carbocycles. The quantitative estimate of drug-likeness (QED) is 0.165. The molecule has 2 unspecified atom stereocenters. The Labute approximate surface area is 262 Å². The number of rotatable bonds is 11. The molecule has 7 rings (SSSR count). The van der Waals surface area contributed by atoms with Crippen LogP contribution in [0, 0.1) is 5.92 Å². The number of benzene rings is 4. The molecule has 0 spiro atoms. The van der Waals surface area contributed by atoms with Gasteiger partial charge in [-0.1, -0.05) is 60.7 Å². The summed E-state index contributed by atoms with van der Waals surface area (Å²) in [7, 11) is 3.32. The number of fused-ring (bicyclic) bond motifs is 2. The van der Waals surface area contributed by atoms with Gasteiger partial charge < -0.3 is 23.9 Å². The molecule has 7 heteroatoms. The maximum absolute atomic E-state index is 6.18. The average Bonchev–Trinajstić information content (AvgIpc) is 3.72. The maximum atomic E-state index is 6.18. The van der Waals surface area contributed by atoms with Crippen LogP contribution < -0.4 is 18.9 Å². The van der Waals surface area contributed by atoms with Crippen LogP contribution in [0.25, 0.3) is 11.0 Å². The normalized spacial score (nSPS) is 14.6. The second-order valence-corrected chi connectivity index (χ2v) is 11.3. The van der Waals surface area contributed by atoms with Gasteiger partial charge in [0.1, 0.15) is 36.1 Å². The molecule has 0 fully saturated rings. The highest BCUT2D eigenvalue weighted by atomic mass is 16.5. The monoisotopic (exact) mass is 597 g/mol. The number of hydrogen-bond acceptors (Lipinski definition) is 6. The SMILES string of the molecule is COc1ccccc1OCc1nc2c(C(c3ccccn3)C3Cc4ccc(OCc5ccccc5)cc4C3)ccc(OC)c2[nH]1. The van der Waals surface area contributed by atoms with Crippen LogP contribution in [0.5, 0.6) is 23.0 Å². The molecule has 7 nitrogen and oxygen atoms in total. The van der Waals surface area contributed by atoms with Crippen molar-refractivity contribution in [2.75, 3.05) is 14.2 Å². The third kappa shape index (κ3) is 5.94. The molecule has 0 aliphatic heterocycles. The number of H-pyrrole nitrogens is 1. The molecule has 0 saturated heterocycles.